The van der Waals surface area contributed by atoms with Crippen molar-refractivity contribution in [1.82, 2.24) is 15.5 Å². The van der Waals surface area contributed by atoms with E-state index in [1.165, 1.54) is 0 Å². The molecule has 1 aromatic rings. The predicted molar refractivity (Wildman–Crippen MR) is 65.2 cm³/mol. The van der Waals surface area contributed by atoms with Crippen LogP contribution in [0.4, 0.5) is 0 Å². The third-order valence-electron chi connectivity index (χ3n) is 1.94. The Hall–Kier alpha value is -0.480. The normalized spacial score (nSPS) is 12.4. The van der Waals surface area contributed by atoms with Crippen LogP contribution in [0.2, 0.25) is 0 Å². The minimum atomic E-state index is 0.119. The van der Waals surface area contributed by atoms with E-state index in [1.807, 2.05) is 0 Å². The minimum Gasteiger partial charge on any atom is -0.310 e. The maximum absolute atomic E-state index is 4.21. The van der Waals surface area contributed by atoms with Gasteiger partial charge in [0.05, 0.1) is 0 Å². The standard InChI is InChI=1S/C11H21N3S/c1-8(2)6-12-7-9-13-14-10(15-9)11(3,4)5/h8,12H,6-7H2,1-5H3. The summed E-state index contributed by atoms with van der Waals surface area (Å²) in [5.74, 6) is 0.681. The van der Waals surface area contributed by atoms with Gasteiger partial charge in [-0.25, -0.2) is 0 Å². The van der Waals surface area contributed by atoms with Gasteiger partial charge in [0, 0.05) is 12.0 Å². The Morgan fingerprint density at radius 3 is 2.40 bits per heavy atom. The first-order valence-corrected chi connectivity index (χ1v) is 6.25. The van der Waals surface area contributed by atoms with E-state index in [0.717, 1.165) is 23.1 Å². The second-order valence-corrected chi connectivity index (χ2v) is 6.34. The molecule has 0 bridgehead atoms. The number of hydrogen-bond donors (Lipinski definition) is 1. The van der Waals surface area contributed by atoms with Crippen molar-refractivity contribution in [3.8, 4) is 0 Å². The molecule has 15 heavy (non-hydrogen) atoms. The zero-order valence-corrected chi connectivity index (χ0v) is 11.1. The SMILES string of the molecule is CC(C)CNCc1nnc(C(C)(C)C)s1. The Morgan fingerprint density at radius 2 is 1.93 bits per heavy atom. The molecular formula is C11H21N3S. The van der Waals surface area contributed by atoms with Crippen molar-refractivity contribution >= 4 is 11.3 Å². The summed E-state index contributed by atoms with van der Waals surface area (Å²) in [5, 5.41) is 14.0. The maximum atomic E-state index is 4.21. The molecule has 0 saturated carbocycles. The van der Waals surface area contributed by atoms with E-state index in [9.17, 15) is 0 Å². The van der Waals surface area contributed by atoms with Gasteiger partial charge in [0.1, 0.15) is 10.0 Å². The fourth-order valence-electron chi connectivity index (χ4n) is 1.10. The molecule has 1 aromatic heterocycles. The summed E-state index contributed by atoms with van der Waals surface area (Å²) in [6.07, 6.45) is 0. The molecule has 0 aliphatic heterocycles. The monoisotopic (exact) mass is 227 g/mol. The van der Waals surface area contributed by atoms with Gasteiger partial charge in [-0.1, -0.05) is 46.0 Å². The third-order valence-corrected chi connectivity index (χ3v) is 3.29. The van der Waals surface area contributed by atoms with Crippen LogP contribution in [0.25, 0.3) is 0 Å². The average molecular weight is 227 g/mol. The maximum Gasteiger partial charge on any atom is 0.131 e. The summed E-state index contributed by atoms with van der Waals surface area (Å²) >= 11 is 1.71. The van der Waals surface area contributed by atoms with Crippen LogP contribution in [-0.2, 0) is 12.0 Å². The topological polar surface area (TPSA) is 37.8 Å². The highest BCUT2D eigenvalue weighted by molar-refractivity contribution is 7.11. The summed E-state index contributed by atoms with van der Waals surface area (Å²) < 4.78 is 0. The fraction of sp³-hybridized carbons (Fsp3) is 0.818. The van der Waals surface area contributed by atoms with Gasteiger partial charge in [-0.2, -0.15) is 0 Å². The quantitative estimate of drug-likeness (QED) is 0.859. The highest BCUT2D eigenvalue weighted by Crippen LogP contribution is 2.25. The number of nitrogens with one attached hydrogen (secondary N) is 1. The molecule has 0 radical (unpaired) electrons. The van der Waals surface area contributed by atoms with Crippen LogP contribution >= 0.6 is 11.3 Å². The number of rotatable bonds is 4. The fourth-order valence-corrected chi connectivity index (χ4v) is 1.96. The lowest BCUT2D eigenvalue weighted by Gasteiger charge is -2.12. The van der Waals surface area contributed by atoms with Crippen molar-refractivity contribution in [2.75, 3.05) is 6.54 Å². The van der Waals surface area contributed by atoms with Gasteiger partial charge in [0.15, 0.2) is 0 Å². The van der Waals surface area contributed by atoms with Gasteiger partial charge in [0.2, 0.25) is 0 Å². The lowest BCUT2D eigenvalue weighted by molar-refractivity contribution is 0.549. The van der Waals surface area contributed by atoms with E-state index in [0.29, 0.717) is 5.92 Å². The summed E-state index contributed by atoms with van der Waals surface area (Å²) in [7, 11) is 0. The van der Waals surface area contributed by atoms with Crippen molar-refractivity contribution in [3.63, 3.8) is 0 Å². The van der Waals surface area contributed by atoms with Crippen LogP contribution in [-0.4, -0.2) is 16.7 Å². The smallest absolute Gasteiger partial charge is 0.131 e. The summed E-state index contributed by atoms with van der Waals surface area (Å²) in [5.41, 5.74) is 0.119. The van der Waals surface area contributed by atoms with Crippen molar-refractivity contribution < 1.29 is 0 Å². The summed E-state index contributed by atoms with van der Waals surface area (Å²) in [6.45, 7) is 12.8. The Balaban J connectivity index is 2.47. The van der Waals surface area contributed by atoms with Crippen LogP contribution in [0.15, 0.2) is 0 Å². The van der Waals surface area contributed by atoms with Crippen LogP contribution in [0.1, 0.15) is 44.6 Å². The summed E-state index contributed by atoms with van der Waals surface area (Å²) in [4.78, 5) is 0. The van der Waals surface area contributed by atoms with Gasteiger partial charge in [0.25, 0.3) is 0 Å². The van der Waals surface area contributed by atoms with Gasteiger partial charge >= 0.3 is 0 Å². The highest BCUT2D eigenvalue weighted by Gasteiger charge is 2.18. The summed E-state index contributed by atoms with van der Waals surface area (Å²) in [6, 6.07) is 0. The molecule has 0 fully saturated rings. The van der Waals surface area contributed by atoms with E-state index in [1.54, 1.807) is 11.3 Å². The van der Waals surface area contributed by atoms with E-state index in [-0.39, 0.29) is 5.41 Å². The molecule has 0 unspecified atom stereocenters. The number of nitrogens with zero attached hydrogens (tertiary/aromatic N) is 2. The Labute approximate surface area is 96.3 Å². The second kappa shape index (κ2) is 5.03. The zero-order valence-electron chi connectivity index (χ0n) is 10.3. The molecule has 1 N–H and O–H groups in total. The molecule has 0 amide bonds. The van der Waals surface area contributed by atoms with Gasteiger partial charge in [-0.05, 0) is 12.5 Å². The lowest BCUT2D eigenvalue weighted by atomic mass is 9.98. The Morgan fingerprint density at radius 1 is 1.27 bits per heavy atom. The highest BCUT2D eigenvalue weighted by atomic mass is 32.1. The first-order chi connectivity index (χ1) is 6.89. The van der Waals surface area contributed by atoms with Crippen molar-refractivity contribution in [2.45, 2.75) is 46.6 Å². The van der Waals surface area contributed by atoms with E-state index in [4.69, 9.17) is 0 Å². The van der Waals surface area contributed by atoms with Crippen LogP contribution in [0.5, 0.6) is 0 Å². The molecule has 1 heterocycles. The van der Waals surface area contributed by atoms with Crippen LogP contribution < -0.4 is 5.32 Å². The molecule has 0 saturated heterocycles. The average Bonchev–Trinajstić information content (AvgIpc) is 2.51. The van der Waals surface area contributed by atoms with Crippen LogP contribution in [0.3, 0.4) is 0 Å². The van der Waals surface area contributed by atoms with Crippen molar-refractivity contribution in [1.29, 1.82) is 0 Å². The molecule has 1 rings (SSSR count). The van der Waals surface area contributed by atoms with Crippen molar-refractivity contribution in [3.05, 3.63) is 10.0 Å². The molecule has 0 atom stereocenters. The predicted octanol–water partition coefficient (Wildman–Crippen LogP) is 2.58. The molecule has 0 aliphatic rings. The zero-order chi connectivity index (χ0) is 11.5. The van der Waals surface area contributed by atoms with E-state index >= 15 is 0 Å². The Kier molecular flexibility index (Phi) is 4.22. The van der Waals surface area contributed by atoms with E-state index in [2.05, 4.69) is 50.1 Å². The van der Waals surface area contributed by atoms with E-state index < -0.39 is 0 Å². The third kappa shape index (κ3) is 4.26. The van der Waals surface area contributed by atoms with Gasteiger partial charge < -0.3 is 5.32 Å². The molecule has 4 heteroatoms. The van der Waals surface area contributed by atoms with Gasteiger partial charge in [-0.15, -0.1) is 10.2 Å². The molecule has 0 aromatic carbocycles. The number of aromatic nitrogens is 2. The van der Waals surface area contributed by atoms with Crippen molar-refractivity contribution in [2.24, 2.45) is 5.92 Å². The molecule has 3 nitrogen and oxygen atoms in total. The number of hydrogen-bond acceptors (Lipinski definition) is 4. The molecule has 86 valence electrons. The molecule has 0 spiro atoms. The minimum absolute atomic E-state index is 0.119. The molecular weight excluding hydrogens is 206 g/mol. The first-order valence-electron chi connectivity index (χ1n) is 5.43. The van der Waals surface area contributed by atoms with Gasteiger partial charge in [-0.3, -0.25) is 0 Å². The Bertz CT molecular complexity index is 299. The van der Waals surface area contributed by atoms with Crippen LogP contribution in [0, 0.1) is 5.92 Å². The molecule has 0 aliphatic carbocycles. The lowest BCUT2D eigenvalue weighted by Crippen LogP contribution is -2.18. The second-order valence-electron chi connectivity index (χ2n) is 5.28. The largest absolute Gasteiger partial charge is 0.310 e. The first kappa shape index (κ1) is 12.6.